The Bertz CT molecular complexity index is 353. The number of guanidine groups is 1. The Hall–Kier alpha value is -0.0400. The molecule has 2 heterocycles. The van der Waals surface area contributed by atoms with E-state index in [1.54, 1.807) is 0 Å². The molecule has 0 spiro atoms. The smallest absolute Gasteiger partial charge is 0.191 e. The van der Waals surface area contributed by atoms with Crippen LogP contribution in [0.1, 0.15) is 39.5 Å². The Kier molecular flexibility index (Phi) is 4.65. The van der Waals surface area contributed by atoms with Crippen LogP contribution >= 0.6 is 24.0 Å². The minimum atomic E-state index is 0. The first-order valence-electron chi connectivity index (χ1n) is 7.30. The van der Waals surface area contributed by atoms with Crippen molar-refractivity contribution in [3.8, 4) is 0 Å². The van der Waals surface area contributed by atoms with Gasteiger partial charge in [-0.1, -0.05) is 13.8 Å². The zero-order chi connectivity index (χ0) is 12.8. The van der Waals surface area contributed by atoms with Gasteiger partial charge in [0.25, 0.3) is 0 Å². The molecule has 1 saturated carbocycles. The van der Waals surface area contributed by atoms with Crippen LogP contribution in [-0.2, 0) is 4.74 Å². The molecule has 2 N–H and O–H groups in total. The maximum absolute atomic E-state index is 6.20. The lowest BCUT2D eigenvalue weighted by atomic mass is 9.57. The first-order valence-corrected chi connectivity index (χ1v) is 7.30. The molecule has 4 nitrogen and oxygen atoms in total. The van der Waals surface area contributed by atoms with E-state index < -0.39 is 0 Å². The van der Waals surface area contributed by atoms with Crippen molar-refractivity contribution in [1.82, 2.24) is 4.90 Å². The summed E-state index contributed by atoms with van der Waals surface area (Å²) < 4.78 is 5.80. The SMILES string of the molecule is CC1(C)C(N=C(N)N2CCCCC2)C2CCOC21.I. The summed E-state index contributed by atoms with van der Waals surface area (Å²) in [7, 11) is 0. The molecule has 1 aliphatic carbocycles. The van der Waals surface area contributed by atoms with Crippen LogP contribution in [0.25, 0.3) is 0 Å². The van der Waals surface area contributed by atoms with Crippen LogP contribution in [-0.4, -0.2) is 42.7 Å². The van der Waals surface area contributed by atoms with Gasteiger partial charge in [-0.25, -0.2) is 4.99 Å². The van der Waals surface area contributed by atoms with Gasteiger partial charge < -0.3 is 15.4 Å². The fraction of sp³-hybridized carbons (Fsp3) is 0.929. The van der Waals surface area contributed by atoms with Crippen LogP contribution in [0.15, 0.2) is 4.99 Å². The Morgan fingerprint density at radius 2 is 1.95 bits per heavy atom. The zero-order valence-corrected chi connectivity index (χ0v) is 14.3. The number of halogens is 1. The van der Waals surface area contributed by atoms with E-state index in [2.05, 4.69) is 18.7 Å². The van der Waals surface area contributed by atoms with Crippen molar-refractivity contribution in [3.05, 3.63) is 0 Å². The summed E-state index contributed by atoms with van der Waals surface area (Å²) in [6.45, 7) is 7.57. The topological polar surface area (TPSA) is 50.8 Å². The highest BCUT2D eigenvalue weighted by atomic mass is 127. The number of hydrogen-bond acceptors (Lipinski definition) is 2. The van der Waals surface area contributed by atoms with Crippen molar-refractivity contribution in [3.63, 3.8) is 0 Å². The summed E-state index contributed by atoms with van der Waals surface area (Å²) >= 11 is 0. The second-order valence-corrected chi connectivity index (χ2v) is 6.55. The standard InChI is InChI=1S/C14H25N3O.HI/c1-14(2)11(10-6-9-18-12(10)14)16-13(15)17-7-4-3-5-8-17;/h10-12H,3-9H2,1-2H3,(H2,15,16);1H. The molecule has 3 atom stereocenters. The largest absolute Gasteiger partial charge is 0.377 e. The van der Waals surface area contributed by atoms with E-state index in [1.807, 2.05) is 0 Å². The number of aliphatic imine (C=N–C) groups is 1. The van der Waals surface area contributed by atoms with Gasteiger partial charge in [0.15, 0.2) is 5.96 Å². The third-order valence-electron chi connectivity index (χ3n) is 4.99. The normalized spacial score (nSPS) is 37.3. The number of hydrogen-bond donors (Lipinski definition) is 1. The third kappa shape index (κ3) is 2.60. The molecule has 3 aliphatic rings. The Morgan fingerprint density at radius 3 is 2.63 bits per heavy atom. The van der Waals surface area contributed by atoms with Gasteiger partial charge in [-0.05, 0) is 25.7 Å². The first-order chi connectivity index (χ1) is 8.60. The van der Waals surface area contributed by atoms with Gasteiger partial charge in [-0.15, -0.1) is 24.0 Å². The molecule has 0 amide bonds. The molecule has 5 heteroatoms. The highest BCUT2D eigenvalue weighted by Gasteiger charge is 2.59. The van der Waals surface area contributed by atoms with Gasteiger partial charge in [0.1, 0.15) is 0 Å². The van der Waals surface area contributed by atoms with Crippen LogP contribution in [0.4, 0.5) is 0 Å². The number of piperidine rings is 1. The number of nitrogens with zero attached hydrogens (tertiary/aromatic N) is 2. The van der Waals surface area contributed by atoms with Gasteiger partial charge in [0.05, 0.1) is 12.1 Å². The van der Waals surface area contributed by atoms with Crippen LogP contribution in [0.5, 0.6) is 0 Å². The maximum Gasteiger partial charge on any atom is 0.191 e. The van der Waals surface area contributed by atoms with E-state index in [4.69, 9.17) is 15.5 Å². The van der Waals surface area contributed by atoms with Gasteiger partial charge in [0, 0.05) is 31.0 Å². The van der Waals surface area contributed by atoms with Crippen molar-refractivity contribution < 1.29 is 4.74 Å². The van der Waals surface area contributed by atoms with Crippen molar-refractivity contribution in [2.45, 2.75) is 51.7 Å². The van der Waals surface area contributed by atoms with E-state index in [0.717, 1.165) is 32.1 Å². The lowest BCUT2D eigenvalue weighted by molar-refractivity contribution is -0.0988. The number of rotatable bonds is 1. The fourth-order valence-corrected chi connectivity index (χ4v) is 3.91. The van der Waals surface area contributed by atoms with Gasteiger partial charge in [-0.2, -0.15) is 0 Å². The monoisotopic (exact) mass is 379 g/mol. The predicted molar refractivity (Wildman–Crippen MR) is 87.9 cm³/mol. The number of likely N-dealkylation sites (tertiary alicyclic amines) is 1. The molecule has 0 aromatic heterocycles. The van der Waals surface area contributed by atoms with E-state index in [9.17, 15) is 0 Å². The number of fused-ring (bicyclic) bond motifs is 1. The summed E-state index contributed by atoms with van der Waals surface area (Å²) in [6.07, 6.45) is 5.38. The van der Waals surface area contributed by atoms with E-state index in [1.165, 1.54) is 19.3 Å². The minimum absolute atomic E-state index is 0. The molecule has 0 bridgehead atoms. The number of ether oxygens (including phenoxy) is 1. The molecule has 3 rings (SSSR count). The fourth-order valence-electron chi connectivity index (χ4n) is 3.91. The van der Waals surface area contributed by atoms with Gasteiger partial charge in [-0.3, -0.25) is 0 Å². The molecule has 3 unspecified atom stereocenters. The maximum atomic E-state index is 6.20. The Labute approximate surface area is 133 Å². The van der Waals surface area contributed by atoms with Crippen molar-refractivity contribution in [1.29, 1.82) is 0 Å². The second-order valence-electron chi connectivity index (χ2n) is 6.55. The van der Waals surface area contributed by atoms with Crippen molar-refractivity contribution in [2.75, 3.05) is 19.7 Å². The molecule has 0 aromatic rings. The molecule has 0 radical (unpaired) electrons. The average Bonchev–Trinajstić information content (AvgIpc) is 2.83. The number of nitrogens with two attached hydrogens (primary N) is 1. The first kappa shape index (κ1) is 15.4. The van der Waals surface area contributed by atoms with Crippen LogP contribution in [0.3, 0.4) is 0 Å². The minimum Gasteiger partial charge on any atom is -0.377 e. The lowest BCUT2D eigenvalue weighted by Gasteiger charge is -2.52. The molecular weight excluding hydrogens is 353 g/mol. The molecular formula is C14H26IN3O. The summed E-state index contributed by atoms with van der Waals surface area (Å²) in [6, 6.07) is 0.354. The summed E-state index contributed by atoms with van der Waals surface area (Å²) in [5.41, 5.74) is 6.35. The molecule has 3 fully saturated rings. The lowest BCUT2D eigenvalue weighted by Crippen LogP contribution is -2.60. The van der Waals surface area contributed by atoms with Crippen molar-refractivity contribution >= 4 is 29.9 Å². The van der Waals surface area contributed by atoms with E-state index >= 15 is 0 Å². The zero-order valence-electron chi connectivity index (χ0n) is 12.0. The van der Waals surface area contributed by atoms with Gasteiger partial charge >= 0.3 is 0 Å². The average molecular weight is 379 g/mol. The summed E-state index contributed by atoms with van der Waals surface area (Å²) in [5.74, 6) is 1.36. The quantitative estimate of drug-likeness (QED) is 0.432. The Morgan fingerprint density at radius 1 is 1.26 bits per heavy atom. The van der Waals surface area contributed by atoms with Crippen molar-refractivity contribution in [2.24, 2.45) is 22.1 Å². The summed E-state index contributed by atoms with van der Waals surface area (Å²) in [4.78, 5) is 7.09. The van der Waals surface area contributed by atoms with Crippen LogP contribution in [0, 0.1) is 11.3 Å². The van der Waals surface area contributed by atoms with Gasteiger partial charge in [0.2, 0.25) is 0 Å². The van der Waals surface area contributed by atoms with Crippen LogP contribution in [0.2, 0.25) is 0 Å². The Balaban J connectivity index is 0.00000133. The predicted octanol–water partition coefficient (Wildman–Crippen LogP) is 2.22. The second kappa shape index (κ2) is 5.76. The van der Waals surface area contributed by atoms with E-state index in [-0.39, 0.29) is 29.4 Å². The molecule has 19 heavy (non-hydrogen) atoms. The highest BCUT2D eigenvalue weighted by molar-refractivity contribution is 14.0. The van der Waals surface area contributed by atoms with Crippen LogP contribution < -0.4 is 5.73 Å². The summed E-state index contributed by atoms with van der Waals surface area (Å²) in [5, 5.41) is 0. The molecule has 2 aliphatic heterocycles. The molecule has 110 valence electrons. The third-order valence-corrected chi connectivity index (χ3v) is 4.99. The molecule has 2 saturated heterocycles. The van der Waals surface area contributed by atoms with E-state index in [0.29, 0.717) is 18.1 Å². The molecule has 0 aromatic carbocycles. The highest BCUT2D eigenvalue weighted by Crippen LogP contribution is 2.53.